The van der Waals surface area contributed by atoms with E-state index in [9.17, 15) is 4.39 Å². The highest BCUT2D eigenvalue weighted by Gasteiger charge is 2.16. The lowest BCUT2D eigenvalue weighted by molar-refractivity contribution is 0.147. The van der Waals surface area contributed by atoms with Crippen LogP contribution < -0.4 is 0 Å². The standard InChI is InChI=1S/C7H16FN.C2H6/c1-5-9(4)6-7(2,3)8;1-2/h5-6H2,1-4H3;1-2H3. The lowest BCUT2D eigenvalue weighted by Crippen LogP contribution is -2.32. The smallest absolute Gasteiger partial charge is 0.118 e. The van der Waals surface area contributed by atoms with Crippen molar-refractivity contribution >= 4 is 0 Å². The third kappa shape index (κ3) is 13.0. The molecule has 0 spiro atoms. The summed E-state index contributed by atoms with van der Waals surface area (Å²) in [4.78, 5) is 1.96. The molecule has 0 N–H and O–H groups in total. The Morgan fingerprint density at radius 2 is 1.64 bits per heavy atom. The summed E-state index contributed by atoms with van der Waals surface area (Å²) in [5.74, 6) is 0. The molecule has 0 aliphatic heterocycles. The average Bonchev–Trinajstić information content (AvgIpc) is 1.89. The van der Waals surface area contributed by atoms with Gasteiger partial charge in [0.05, 0.1) is 0 Å². The van der Waals surface area contributed by atoms with Gasteiger partial charge in [-0.2, -0.15) is 0 Å². The van der Waals surface area contributed by atoms with Gasteiger partial charge in [-0.15, -0.1) is 0 Å². The van der Waals surface area contributed by atoms with Crippen LogP contribution >= 0.6 is 0 Å². The number of nitrogens with zero attached hydrogens (tertiary/aromatic N) is 1. The van der Waals surface area contributed by atoms with E-state index in [1.165, 1.54) is 0 Å². The van der Waals surface area contributed by atoms with Gasteiger partial charge in [0.25, 0.3) is 0 Å². The minimum atomic E-state index is -1.05. The summed E-state index contributed by atoms with van der Waals surface area (Å²) in [5, 5.41) is 0. The highest BCUT2D eigenvalue weighted by atomic mass is 19.1. The molecule has 0 aliphatic carbocycles. The van der Waals surface area contributed by atoms with E-state index >= 15 is 0 Å². The quantitative estimate of drug-likeness (QED) is 0.618. The van der Waals surface area contributed by atoms with Crippen LogP contribution in [0.3, 0.4) is 0 Å². The third-order valence-electron chi connectivity index (χ3n) is 1.19. The lowest BCUT2D eigenvalue weighted by Gasteiger charge is -2.21. The second-order valence-corrected chi connectivity index (χ2v) is 3.05. The Labute approximate surface area is 70.6 Å². The van der Waals surface area contributed by atoms with Crippen LogP contribution in [0.5, 0.6) is 0 Å². The summed E-state index contributed by atoms with van der Waals surface area (Å²) >= 11 is 0. The SMILES string of the molecule is CC.CCN(C)CC(C)(C)F. The topological polar surface area (TPSA) is 3.24 Å². The number of rotatable bonds is 3. The van der Waals surface area contributed by atoms with Gasteiger partial charge in [-0.3, -0.25) is 0 Å². The van der Waals surface area contributed by atoms with Crippen LogP contribution in [-0.2, 0) is 0 Å². The van der Waals surface area contributed by atoms with Crippen LogP contribution in [0, 0.1) is 0 Å². The fraction of sp³-hybridized carbons (Fsp3) is 1.00. The van der Waals surface area contributed by atoms with E-state index in [2.05, 4.69) is 0 Å². The fourth-order valence-corrected chi connectivity index (χ4v) is 0.754. The highest BCUT2D eigenvalue weighted by Crippen LogP contribution is 2.08. The van der Waals surface area contributed by atoms with Crippen molar-refractivity contribution < 1.29 is 4.39 Å². The van der Waals surface area contributed by atoms with Gasteiger partial charge in [0.2, 0.25) is 0 Å². The van der Waals surface area contributed by atoms with Gasteiger partial charge in [0.15, 0.2) is 0 Å². The van der Waals surface area contributed by atoms with Crippen LogP contribution in [0.4, 0.5) is 4.39 Å². The fourth-order valence-electron chi connectivity index (χ4n) is 0.754. The van der Waals surface area contributed by atoms with Crippen LogP contribution in [0.1, 0.15) is 34.6 Å². The van der Waals surface area contributed by atoms with E-state index in [4.69, 9.17) is 0 Å². The van der Waals surface area contributed by atoms with Gasteiger partial charge >= 0.3 is 0 Å². The van der Waals surface area contributed by atoms with Crippen molar-refractivity contribution in [2.45, 2.75) is 40.3 Å². The Morgan fingerprint density at radius 3 is 1.73 bits per heavy atom. The molecule has 0 radical (unpaired) electrons. The molecule has 0 fully saturated rings. The summed E-state index contributed by atoms with van der Waals surface area (Å²) in [7, 11) is 1.92. The number of alkyl halides is 1. The molecular weight excluding hydrogens is 141 g/mol. The highest BCUT2D eigenvalue weighted by molar-refractivity contribution is 4.69. The normalized spacial score (nSPS) is 10.9. The van der Waals surface area contributed by atoms with E-state index < -0.39 is 5.67 Å². The van der Waals surface area contributed by atoms with Gasteiger partial charge in [0.1, 0.15) is 5.67 Å². The van der Waals surface area contributed by atoms with Gasteiger partial charge < -0.3 is 4.90 Å². The van der Waals surface area contributed by atoms with Gasteiger partial charge in [-0.1, -0.05) is 20.8 Å². The summed E-state index contributed by atoms with van der Waals surface area (Å²) in [5.41, 5.74) is -1.05. The van der Waals surface area contributed by atoms with E-state index in [0.29, 0.717) is 6.54 Å². The van der Waals surface area contributed by atoms with Gasteiger partial charge in [-0.05, 0) is 27.4 Å². The van der Waals surface area contributed by atoms with E-state index in [1.807, 2.05) is 32.7 Å². The zero-order valence-electron chi connectivity index (χ0n) is 8.74. The zero-order valence-corrected chi connectivity index (χ0v) is 8.74. The lowest BCUT2D eigenvalue weighted by atomic mass is 10.1. The third-order valence-corrected chi connectivity index (χ3v) is 1.19. The molecule has 2 heteroatoms. The molecule has 0 heterocycles. The molecule has 0 saturated carbocycles. The monoisotopic (exact) mass is 163 g/mol. The Bertz CT molecular complexity index is 76.1. The molecule has 1 nitrogen and oxygen atoms in total. The number of halogens is 1. The second kappa shape index (κ2) is 6.59. The van der Waals surface area contributed by atoms with Crippen molar-refractivity contribution in [3.8, 4) is 0 Å². The van der Waals surface area contributed by atoms with Crippen LogP contribution in [0.25, 0.3) is 0 Å². The van der Waals surface area contributed by atoms with Crippen molar-refractivity contribution in [2.75, 3.05) is 20.1 Å². The van der Waals surface area contributed by atoms with Crippen molar-refractivity contribution in [3.05, 3.63) is 0 Å². The minimum absolute atomic E-state index is 0.517. The molecule has 0 aromatic heterocycles. The molecule has 0 rings (SSSR count). The molecule has 0 saturated heterocycles. The van der Waals surface area contributed by atoms with Crippen LogP contribution in [-0.4, -0.2) is 30.7 Å². The molecule has 0 bridgehead atoms. The number of hydrogen-bond acceptors (Lipinski definition) is 1. The maximum atomic E-state index is 12.8. The second-order valence-electron chi connectivity index (χ2n) is 3.05. The summed E-state index contributed by atoms with van der Waals surface area (Å²) in [6, 6.07) is 0. The Kier molecular flexibility index (Phi) is 8.08. The molecule has 0 aliphatic rings. The molecular formula is C9H22FN. The first-order valence-corrected chi connectivity index (χ1v) is 4.33. The largest absolute Gasteiger partial charge is 0.303 e. The maximum Gasteiger partial charge on any atom is 0.118 e. The predicted octanol–water partition coefficient (Wildman–Crippen LogP) is 2.71. The van der Waals surface area contributed by atoms with Crippen molar-refractivity contribution in [2.24, 2.45) is 0 Å². The van der Waals surface area contributed by atoms with Crippen molar-refractivity contribution in [3.63, 3.8) is 0 Å². The van der Waals surface area contributed by atoms with E-state index in [1.54, 1.807) is 13.8 Å². The van der Waals surface area contributed by atoms with Crippen LogP contribution in [0.2, 0.25) is 0 Å². The molecule has 0 aromatic carbocycles. The van der Waals surface area contributed by atoms with E-state index in [0.717, 1.165) is 6.54 Å². The summed E-state index contributed by atoms with van der Waals surface area (Å²) in [6.07, 6.45) is 0. The Morgan fingerprint density at radius 1 is 1.27 bits per heavy atom. The van der Waals surface area contributed by atoms with Gasteiger partial charge in [0, 0.05) is 6.54 Å². The summed E-state index contributed by atoms with van der Waals surface area (Å²) in [6.45, 7) is 10.6. The molecule has 11 heavy (non-hydrogen) atoms. The van der Waals surface area contributed by atoms with Crippen molar-refractivity contribution in [1.29, 1.82) is 0 Å². The molecule has 0 unspecified atom stereocenters. The number of hydrogen-bond donors (Lipinski definition) is 0. The molecule has 0 atom stereocenters. The van der Waals surface area contributed by atoms with Gasteiger partial charge in [-0.25, -0.2) is 4.39 Å². The predicted molar refractivity (Wildman–Crippen MR) is 49.7 cm³/mol. The van der Waals surface area contributed by atoms with E-state index in [-0.39, 0.29) is 0 Å². The minimum Gasteiger partial charge on any atom is -0.303 e. The van der Waals surface area contributed by atoms with Crippen molar-refractivity contribution in [1.82, 2.24) is 4.90 Å². The Balaban J connectivity index is 0. The first-order valence-electron chi connectivity index (χ1n) is 4.33. The first-order chi connectivity index (χ1) is 4.95. The zero-order chi connectivity index (χ0) is 9.49. The van der Waals surface area contributed by atoms with Crippen LogP contribution in [0.15, 0.2) is 0 Å². The first kappa shape index (κ1) is 13.5. The molecule has 0 aromatic rings. The average molecular weight is 163 g/mol. The molecule has 70 valence electrons. The maximum absolute atomic E-state index is 12.8. The molecule has 0 amide bonds. The summed E-state index contributed by atoms with van der Waals surface area (Å²) < 4.78 is 12.8. The Hall–Kier alpha value is -0.110.